The number of esters is 4. The zero-order valence-electron chi connectivity index (χ0n) is 73.1. The molecule has 0 aliphatic carbocycles. The number of carbonyl (C=O) groups excluding carboxylic acids is 4. The van der Waals surface area contributed by atoms with E-state index in [2.05, 4.69) is 72.1 Å². The van der Waals surface area contributed by atoms with Gasteiger partial charge in [0.15, 0.2) is 47.7 Å². The van der Waals surface area contributed by atoms with Crippen LogP contribution in [-0.2, 0) is 95.6 Å². The summed E-state index contributed by atoms with van der Waals surface area (Å²) in [4.78, 5) is 91.2. The molecular weight excluding hydrogens is 1640 g/mol. The lowest BCUT2D eigenvalue weighted by molar-refractivity contribution is -0.157. The van der Waals surface area contributed by atoms with Crippen LogP contribution >= 0.6 is 45.3 Å². The number of nitrogens with one attached hydrogen (secondary N) is 4. The number of ether oxygens (including phenoxy) is 8. The van der Waals surface area contributed by atoms with Gasteiger partial charge in [-0.1, -0.05) is 113 Å². The fourth-order valence-electron chi connectivity index (χ4n) is 13.1. The average Bonchev–Trinajstić information content (AvgIpc) is 1.44. The topological polar surface area (TPSA) is 293 Å². The molecule has 0 aliphatic heterocycles. The molecule has 4 atom stereocenters. The Morgan fingerprint density at radius 3 is 0.815 bits per heavy atom. The quantitative estimate of drug-likeness (QED) is 0.0158. The molecule has 4 N–H and O–H groups in total. The minimum atomic E-state index is -0.735. The van der Waals surface area contributed by atoms with Crippen molar-refractivity contribution in [3.05, 3.63) is 260 Å². The van der Waals surface area contributed by atoms with E-state index in [1.807, 2.05) is 221 Å². The Morgan fingerprint density at radius 2 is 0.565 bits per heavy atom. The van der Waals surface area contributed by atoms with Gasteiger partial charge in [-0.05, 0) is 224 Å². The minimum Gasteiger partial charge on any atom is -0.464 e. The summed E-state index contributed by atoms with van der Waals surface area (Å²) in [6, 6.07) is 46.4. The van der Waals surface area contributed by atoms with Gasteiger partial charge in [0.1, 0.15) is 23.3 Å². The van der Waals surface area contributed by atoms with Crippen molar-refractivity contribution in [1.82, 2.24) is 39.9 Å². The smallest absolute Gasteiger partial charge is 0.339 e. The second kappa shape index (κ2) is 50.2. The molecule has 652 valence electrons. The fourth-order valence-corrected chi connectivity index (χ4v) is 15.7. The van der Waals surface area contributed by atoms with E-state index < -0.39 is 24.4 Å². The number of anilines is 8. The summed E-state index contributed by atoms with van der Waals surface area (Å²) in [5.41, 5.74) is 14.6. The number of benzene rings is 4. The third-order valence-corrected chi connectivity index (χ3v) is 22.4. The predicted octanol–water partition coefficient (Wildman–Crippen LogP) is 22.7. The Labute approximate surface area is 743 Å². The molecule has 12 aromatic rings. The van der Waals surface area contributed by atoms with Gasteiger partial charge in [0.05, 0.1) is 45.9 Å². The third-order valence-electron chi connectivity index (χ3n) is 18.9. The monoisotopic (exact) mass is 1750 g/mol. The molecule has 12 rings (SSSR count). The Kier molecular flexibility index (Phi) is 39.0. The van der Waals surface area contributed by atoms with E-state index in [1.54, 1.807) is 73.0 Å². The van der Waals surface area contributed by atoms with E-state index in [4.69, 9.17) is 67.8 Å². The summed E-state index contributed by atoms with van der Waals surface area (Å²) in [5.74, 6) is 4.47. The normalized spacial score (nSPS) is 11.8. The van der Waals surface area contributed by atoms with Crippen molar-refractivity contribution in [1.29, 1.82) is 0 Å². The summed E-state index contributed by atoms with van der Waals surface area (Å²) in [6.45, 7) is 37.7. The second-order valence-electron chi connectivity index (χ2n) is 27.2. The van der Waals surface area contributed by atoms with Gasteiger partial charge in [0.2, 0.25) is 0 Å². The molecule has 4 aromatic carbocycles. The number of aromatic nitrogens is 8. The number of carbonyl (C=O) groups is 4. The number of hydrogen-bond donors (Lipinski definition) is 4. The Hall–Kier alpha value is -11.6. The minimum absolute atomic E-state index is 0.313. The van der Waals surface area contributed by atoms with Crippen molar-refractivity contribution in [2.45, 2.75) is 160 Å². The molecular formula is C96H112N12O12S4. The molecule has 0 aliphatic rings. The Bertz CT molecular complexity index is 5330. The fraction of sp³-hybridized carbons (Fsp3) is 0.333. The van der Waals surface area contributed by atoms with Crippen LogP contribution in [0.3, 0.4) is 0 Å². The first kappa shape index (κ1) is 96.2. The predicted molar refractivity (Wildman–Crippen MR) is 499 cm³/mol. The summed E-state index contributed by atoms with van der Waals surface area (Å²) >= 11 is 6.47. The first-order valence-electron chi connectivity index (χ1n) is 41.9. The first-order chi connectivity index (χ1) is 60.3. The number of rotatable bonds is 40. The van der Waals surface area contributed by atoms with Crippen LogP contribution in [0.1, 0.15) is 175 Å². The maximum absolute atomic E-state index is 12.3. The van der Waals surface area contributed by atoms with Crippen molar-refractivity contribution in [2.24, 2.45) is 0 Å². The third kappa shape index (κ3) is 26.7. The SMILES string of the molecule is C=CCc1c(C)nc(-c2cccs2)nc1Nc1ccc(C(OCC)C(=O)OCC)cc1.C=CCc1c(CC)nc(-c2cccs2)nc1Nc1ccc(C(OCC)C(=O)OCC)cc1.CCOC(=O)C(OCC)c1ccc(Nc2nc(-c3cccs3)nc(C)c2CC)cc1.CCOC(=O)C(OCC)c1ccc(Nc2nc(-c3cccs3)nc(CC)c2CC)cc1. The molecule has 0 radical (unpaired) electrons. The highest BCUT2D eigenvalue weighted by Gasteiger charge is 2.28. The Balaban J connectivity index is 0.000000187. The van der Waals surface area contributed by atoms with Crippen LogP contribution in [0.15, 0.2) is 192 Å². The number of allylic oxidation sites excluding steroid dienone is 2. The number of nitrogens with zero attached hydrogens (tertiary/aromatic N) is 8. The largest absolute Gasteiger partial charge is 0.464 e. The lowest BCUT2D eigenvalue weighted by atomic mass is 10.1. The van der Waals surface area contributed by atoms with Crippen LogP contribution in [0.25, 0.3) is 42.8 Å². The summed E-state index contributed by atoms with van der Waals surface area (Å²) in [7, 11) is 0. The molecule has 8 aromatic heterocycles. The van der Waals surface area contributed by atoms with Crippen LogP contribution in [0.5, 0.6) is 0 Å². The molecule has 0 spiro atoms. The van der Waals surface area contributed by atoms with E-state index >= 15 is 0 Å². The van der Waals surface area contributed by atoms with Gasteiger partial charge < -0.3 is 59.2 Å². The van der Waals surface area contributed by atoms with Crippen LogP contribution in [0.2, 0.25) is 0 Å². The van der Waals surface area contributed by atoms with E-state index in [0.717, 1.165) is 170 Å². The first-order valence-corrected chi connectivity index (χ1v) is 45.4. The maximum Gasteiger partial charge on any atom is 0.339 e. The molecule has 0 saturated carbocycles. The van der Waals surface area contributed by atoms with E-state index in [9.17, 15) is 19.2 Å². The molecule has 0 bridgehead atoms. The van der Waals surface area contributed by atoms with Gasteiger partial charge in [-0.3, -0.25) is 0 Å². The van der Waals surface area contributed by atoms with Crippen molar-refractivity contribution >= 4 is 115 Å². The van der Waals surface area contributed by atoms with Crippen molar-refractivity contribution in [3.63, 3.8) is 0 Å². The molecule has 4 unspecified atom stereocenters. The zero-order valence-corrected chi connectivity index (χ0v) is 76.3. The highest BCUT2D eigenvalue weighted by atomic mass is 32.1. The van der Waals surface area contributed by atoms with Crippen LogP contribution < -0.4 is 21.3 Å². The lowest BCUT2D eigenvalue weighted by Crippen LogP contribution is -2.19. The van der Waals surface area contributed by atoms with Crippen molar-refractivity contribution in [3.8, 4) is 42.8 Å². The second-order valence-corrected chi connectivity index (χ2v) is 31.0. The summed E-state index contributed by atoms with van der Waals surface area (Å²) in [5, 5.41) is 21.8. The van der Waals surface area contributed by atoms with Crippen molar-refractivity contribution in [2.75, 3.05) is 74.1 Å². The number of hydrogen-bond acceptors (Lipinski definition) is 28. The molecule has 124 heavy (non-hydrogen) atoms. The molecule has 0 fully saturated rings. The molecule has 28 heteroatoms. The molecule has 8 heterocycles. The van der Waals surface area contributed by atoms with Crippen molar-refractivity contribution < 1.29 is 57.1 Å². The number of thiophene rings is 4. The van der Waals surface area contributed by atoms with Gasteiger partial charge in [0.25, 0.3) is 0 Å². The molecule has 24 nitrogen and oxygen atoms in total. The number of aryl methyl sites for hydroxylation is 4. The van der Waals surface area contributed by atoms with Gasteiger partial charge in [-0.15, -0.1) is 58.5 Å². The van der Waals surface area contributed by atoms with E-state index in [0.29, 0.717) is 77.3 Å². The highest BCUT2D eigenvalue weighted by molar-refractivity contribution is 7.14. The van der Waals surface area contributed by atoms with Crippen LogP contribution in [0, 0.1) is 13.8 Å². The average molecular weight is 1750 g/mol. The van der Waals surface area contributed by atoms with Gasteiger partial charge in [-0.2, -0.15) is 0 Å². The van der Waals surface area contributed by atoms with Crippen LogP contribution in [0.4, 0.5) is 46.0 Å². The summed E-state index contributed by atoms with van der Waals surface area (Å²) < 4.78 is 43.0. The maximum atomic E-state index is 12.3. The van der Waals surface area contributed by atoms with Gasteiger partial charge >= 0.3 is 23.9 Å². The lowest BCUT2D eigenvalue weighted by Gasteiger charge is -2.17. The standard InChI is InChI=1S/C25H29N3O3S.C24H27N3O3S.C24H29N3O3S.C23H27N3O3S/c1-5-10-19-20(6-2)27-24(21-11-9-16-32-21)28-23(19)26-18-14-12-17(13-15-18)22(30-7-3)25(29)31-8-4;1-5-9-19-16(4)25-23(20-10-8-15-31-20)27-22(19)26-18-13-11-17(12-14-18)21(29-6-2)24(28)30-7-3;1-5-18-19(6-2)26-23(20-10-9-15-31-20)27-22(18)25-17-13-11-16(12-14-17)21(29-7-3)24(28)30-8-4;1-5-18-15(4)24-22(19-9-8-14-30-19)26-21(18)25-17-12-10-16(11-13-17)20(28-6-2)23(27)29-7-3/h5,9,11-16,22H,1,6-8,10H2,2-4H3,(H,26,27,28);5,8,10-15,21H,1,6-7,9H2,2-4H3,(H,25,26,27);9-15,21H,5-8H2,1-4H3,(H,25,26,27);8-14,20H,5-7H2,1-4H3,(H,24,25,26). The molecule has 0 saturated heterocycles. The molecule has 0 amide bonds. The van der Waals surface area contributed by atoms with E-state index in [-0.39, 0.29) is 23.9 Å². The zero-order chi connectivity index (χ0) is 88.9. The highest BCUT2D eigenvalue weighted by Crippen LogP contribution is 2.36. The van der Waals surface area contributed by atoms with Crippen LogP contribution in [-0.4, -0.2) is 117 Å². The Morgan fingerprint density at radius 1 is 0.315 bits per heavy atom. The van der Waals surface area contributed by atoms with E-state index in [1.165, 1.54) is 0 Å². The van der Waals surface area contributed by atoms with Gasteiger partial charge in [0, 0.05) is 94.2 Å². The summed E-state index contributed by atoms with van der Waals surface area (Å²) in [6.07, 6.45) is 5.43. The van der Waals surface area contributed by atoms with Gasteiger partial charge in [-0.25, -0.2) is 59.0 Å².